The first-order valence-electron chi connectivity index (χ1n) is 2.53. The SMILES string of the molecule is COC(=O)OCC#CCBr. The summed E-state index contributed by atoms with van der Waals surface area (Å²) in [5.41, 5.74) is 0. The van der Waals surface area contributed by atoms with Crippen LogP contribution in [-0.4, -0.2) is 25.2 Å². The van der Waals surface area contributed by atoms with Crippen molar-refractivity contribution in [3.63, 3.8) is 0 Å². The van der Waals surface area contributed by atoms with Crippen LogP contribution in [0.2, 0.25) is 0 Å². The Morgan fingerprint density at radius 1 is 1.60 bits per heavy atom. The van der Waals surface area contributed by atoms with Crippen molar-refractivity contribution in [2.45, 2.75) is 0 Å². The standard InChI is InChI=1S/C6H7BrO3/c1-9-6(8)10-5-3-2-4-7/h4-5H2,1H3. The van der Waals surface area contributed by atoms with E-state index in [0.717, 1.165) is 0 Å². The average molecular weight is 207 g/mol. The van der Waals surface area contributed by atoms with Gasteiger partial charge in [0.1, 0.15) is 0 Å². The van der Waals surface area contributed by atoms with E-state index in [2.05, 4.69) is 37.2 Å². The molecule has 0 amide bonds. The van der Waals surface area contributed by atoms with Crippen LogP contribution >= 0.6 is 15.9 Å². The minimum Gasteiger partial charge on any atom is -0.438 e. The Morgan fingerprint density at radius 3 is 2.80 bits per heavy atom. The molecule has 0 radical (unpaired) electrons. The molecular weight excluding hydrogens is 200 g/mol. The number of ether oxygens (including phenoxy) is 2. The Hall–Kier alpha value is -0.690. The number of hydrogen-bond donors (Lipinski definition) is 0. The highest BCUT2D eigenvalue weighted by atomic mass is 79.9. The first-order chi connectivity index (χ1) is 4.81. The van der Waals surface area contributed by atoms with E-state index in [-0.39, 0.29) is 6.61 Å². The van der Waals surface area contributed by atoms with Crippen LogP contribution in [0.25, 0.3) is 0 Å². The largest absolute Gasteiger partial charge is 0.508 e. The summed E-state index contributed by atoms with van der Waals surface area (Å²) in [6, 6.07) is 0. The molecule has 0 aliphatic rings. The van der Waals surface area contributed by atoms with Crippen molar-refractivity contribution in [2.75, 3.05) is 19.0 Å². The van der Waals surface area contributed by atoms with E-state index in [4.69, 9.17) is 0 Å². The van der Waals surface area contributed by atoms with Crippen LogP contribution in [0.15, 0.2) is 0 Å². The lowest BCUT2D eigenvalue weighted by atomic mass is 10.6. The zero-order valence-corrected chi connectivity index (χ0v) is 7.10. The summed E-state index contributed by atoms with van der Waals surface area (Å²) in [6.45, 7) is 0.0816. The summed E-state index contributed by atoms with van der Waals surface area (Å²) in [5, 5.41) is 0.581. The zero-order chi connectivity index (χ0) is 7.82. The van der Waals surface area contributed by atoms with Crippen molar-refractivity contribution in [1.82, 2.24) is 0 Å². The van der Waals surface area contributed by atoms with Crippen LogP contribution in [0.1, 0.15) is 0 Å². The molecule has 4 heteroatoms. The first kappa shape index (κ1) is 9.31. The van der Waals surface area contributed by atoms with E-state index >= 15 is 0 Å². The van der Waals surface area contributed by atoms with E-state index in [1.54, 1.807) is 0 Å². The van der Waals surface area contributed by atoms with Gasteiger partial charge < -0.3 is 9.47 Å². The van der Waals surface area contributed by atoms with Gasteiger partial charge in [0.15, 0.2) is 6.61 Å². The number of rotatable bonds is 1. The van der Waals surface area contributed by atoms with Gasteiger partial charge in [-0.15, -0.1) is 0 Å². The Balaban J connectivity index is 3.27. The summed E-state index contributed by atoms with van der Waals surface area (Å²) in [7, 11) is 1.25. The third-order valence-electron chi connectivity index (χ3n) is 0.621. The second-order valence-electron chi connectivity index (χ2n) is 1.23. The van der Waals surface area contributed by atoms with E-state index in [1.807, 2.05) is 0 Å². The molecule has 0 heterocycles. The molecule has 0 aromatic heterocycles. The second kappa shape index (κ2) is 6.43. The normalized spacial score (nSPS) is 7.40. The van der Waals surface area contributed by atoms with Gasteiger partial charge in [0.25, 0.3) is 0 Å². The Bertz CT molecular complexity index is 156. The molecule has 0 bridgehead atoms. The van der Waals surface area contributed by atoms with Crippen molar-refractivity contribution in [3.8, 4) is 11.8 Å². The number of halogens is 1. The van der Waals surface area contributed by atoms with Crippen LogP contribution in [0, 0.1) is 11.8 Å². The fraction of sp³-hybridized carbons (Fsp3) is 0.500. The third kappa shape index (κ3) is 5.45. The lowest BCUT2D eigenvalue weighted by Gasteiger charge is -1.94. The number of methoxy groups -OCH3 is 1. The van der Waals surface area contributed by atoms with Crippen LogP contribution in [0.4, 0.5) is 4.79 Å². The number of alkyl halides is 1. The Kier molecular flexibility index (Phi) is 5.99. The smallest absolute Gasteiger partial charge is 0.438 e. The molecule has 3 nitrogen and oxygen atoms in total. The predicted octanol–water partition coefficient (Wildman–Crippen LogP) is 1.17. The maximum atomic E-state index is 10.3. The second-order valence-corrected chi connectivity index (χ2v) is 1.79. The maximum Gasteiger partial charge on any atom is 0.508 e. The van der Waals surface area contributed by atoms with Gasteiger partial charge in [0, 0.05) is 0 Å². The maximum absolute atomic E-state index is 10.3. The van der Waals surface area contributed by atoms with Gasteiger partial charge in [-0.25, -0.2) is 4.79 Å². The number of carbonyl (C=O) groups excluding carboxylic acids is 1. The van der Waals surface area contributed by atoms with Gasteiger partial charge in [0.05, 0.1) is 12.4 Å². The van der Waals surface area contributed by atoms with Crippen molar-refractivity contribution < 1.29 is 14.3 Å². The van der Waals surface area contributed by atoms with E-state index in [1.165, 1.54) is 7.11 Å². The van der Waals surface area contributed by atoms with E-state index in [0.29, 0.717) is 5.33 Å². The molecule has 0 saturated carbocycles. The van der Waals surface area contributed by atoms with Gasteiger partial charge in [0.2, 0.25) is 0 Å². The molecule has 56 valence electrons. The van der Waals surface area contributed by atoms with E-state index in [9.17, 15) is 4.79 Å². The quantitative estimate of drug-likeness (QED) is 0.367. The number of carbonyl (C=O) groups is 1. The molecular formula is C6H7BrO3. The lowest BCUT2D eigenvalue weighted by Crippen LogP contribution is -2.03. The van der Waals surface area contributed by atoms with Gasteiger partial charge >= 0.3 is 6.16 Å². The van der Waals surface area contributed by atoms with Gasteiger partial charge in [-0.2, -0.15) is 0 Å². The fourth-order valence-electron chi connectivity index (χ4n) is 0.252. The molecule has 0 saturated heterocycles. The summed E-state index contributed by atoms with van der Waals surface area (Å²) >= 11 is 3.09. The minimum atomic E-state index is -0.705. The monoisotopic (exact) mass is 206 g/mol. The zero-order valence-electron chi connectivity index (χ0n) is 5.52. The van der Waals surface area contributed by atoms with E-state index < -0.39 is 6.16 Å². The summed E-state index contributed by atoms with van der Waals surface area (Å²) < 4.78 is 8.63. The summed E-state index contributed by atoms with van der Waals surface area (Å²) in [4.78, 5) is 10.3. The highest BCUT2D eigenvalue weighted by Gasteiger charge is 1.94. The molecule has 0 rings (SSSR count). The van der Waals surface area contributed by atoms with Crippen LogP contribution in [0.3, 0.4) is 0 Å². The molecule has 0 aliphatic heterocycles. The number of hydrogen-bond acceptors (Lipinski definition) is 3. The van der Waals surface area contributed by atoms with Crippen molar-refractivity contribution in [1.29, 1.82) is 0 Å². The van der Waals surface area contributed by atoms with Crippen LogP contribution in [-0.2, 0) is 9.47 Å². The molecule has 0 fully saturated rings. The minimum absolute atomic E-state index is 0.0816. The van der Waals surface area contributed by atoms with Crippen molar-refractivity contribution >= 4 is 22.1 Å². The van der Waals surface area contributed by atoms with Gasteiger partial charge in [-0.1, -0.05) is 27.8 Å². The highest BCUT2D eigenvalue weighted by molar-refractivity contribution is 9.09. The molecule has 0 unspecified atom stereocenters. The van der Waals surface area contributed by atoms with Crippen molar-refractivity contribution in [2.24, 2.45) is 0 Å². The molecule has 10 heavy (non-hydrogen) atoms. The Morgan fingerprint density at radius 2 is 2.30 bits per heavy atom. The topological polar surface area (TPSA) is 35.5 Å². The third-order valence-corrected chi connectivity index (χ3v) is 0.901. The molecule has 0 aromatic rings. The molecule has 0 spiro atoms. The Labute approximate surface area is 67.8 Å². The molecule has 0 atom stereocenters. The summed E-state index contributed by atoms with van der Waals surface area (Å²) in [5.74, 6) is 5.24. The van der Waals surface area contributed by atoms with Crippen molar-refractivity contribution in [3.05, 3.63) is 0 Å². The van der Waals surface area contributed by atoms with Crippen LogP contribution < -0.4 is 0 Å². The predicted molar refractivity (Wildman–Crippen MR) is 39.9 cm³/mol. The first-order valence-corrected chi connectivity index (χ1v) is 3.66. The molecule has 0 aromatic carbocycles. The average Bonchev–Trinajstić information content (AvgIpc) is 1.98. The molecule has 0 aliphatic carbocycles. The highest BCUT2D eigenvalue weighted by Crippen LogP contribution is 1.80. The van der Waals surface area contributed by atoms with Gasteiger partial charge in [-0.05, 0) is 0 Å². The van der Waals surface area contributed by atoms with Crippen LogP contribution in [0.5, 0.6) is 0 Å². The van der Waals surface area contributed by atoms with Gasteiger partial charge in [-0.3, -0.25) is 0 Å². The fourth-order valence-corrected chi connectivity index (χ4v) is 0.450. The molecule has 0 N–H and O–H groups in total. The summed E-state index contributed by atoms with van der Waals surface area (Å²) in [6.07, 6.45) is -0.705. The lowest BCUT2D eigenvalue weighted by molar-refractivity contribution is 0.0833.